The molecular formula is C25H34BN5O3S. The summed E-state index contributed by atoms with van der Waals surface area (Å²) < 4.78 is 33.8. The molecule has 4 rings (SSSR count). The fourth-order valence-electron chi connectivity index (χ4n) is 4.30. The van der Waals surface area contributed by atoms with Gasteiger partial charge in [0, 0.05) is 42.4 Å². The van der Waals surface area contributed by atoms with Gasteiger partial charge in [0.2, 0.25) is 16.0 Å². The first-order chi connectivity index (χ1) is 16.6. The van der Waals surface area contributed by atoms with Gasteiger partial charge in [-0.3, -0.25) is 0 Å². The number of nitrogens with zero attached hydrogens (tertiary/aromatic N) is 3. The minimum Gasteiger partial charge on any atom is -0.488 e. The van der Waals surface area contributed by atoms with Crippen molar-refractivity contribution in [3.05, 3.63) is 42.6 Å². The maximum absolute atomic E-state index is 12.4. The number of likely N-dealkylation sites (tertiary alicyclic amines) is 1. The van der Waals surface area contributed by atoms with E-state index in [2.05, 4.69) is 33.8 Å². The molecule has 1 fully saturated rings. The normalized spacial score (nSPS) is 15.7. The van der Waals surface area contributed by atoms with Crippen LogP contribution >= 0.6 is 0 Å². The number of rotatable bonds is 8. The SMILES string of the molecule is Bc1ccc(OC2CCN(C(C)C)CC2)c2nc(Nc3ccc(S(=O)(=O)NC(C)C)cc3)ncc12. The molecule has 1 saturated heterocycles. The van der Waals surface area contributed by atoms with Gasteiger partial charge >= 0.3 is 0 Å². The Labute approximate surface area is 209 Å². The molecule has 0 bridgehead atoms. The number of nitrogens with one attached hydrogen (secondary N) is 2. The third-order valence-corrected chi connectivity index (χ3v) is 7.92. The van der Waals surface area contributed by atoms with E-state index in [0.717, 1.165) is 48.0 Å². The van der Waals surface area contributed by atoms with Gasteiger partial charge in [0.25, 0.3) is 0 Å². The van der Waals surface area contributed by atoms with Gasteiger partial charge in [-0.2, -0.15) is 0 Å². The smallest absolute Gasteiger partial charge is 0.240 e. The summed E-state index contributed by atoms with van der Waals surface area (Å²) in [4.78, 5) is 11.9. The van der Waals surface area contributed by atoms with Crippen LogP contribution in [-0.4, -0.2) is 62.4 Å². The van der Waals surface area contributed by atoms with Crippen LogP contribution < -0.4 is 20.2 Å². The molecule has 2 N–H and O–H groups in total. The van der Waals surface area contributed by atoms with Gasteiger partial charge in [-0.05, 0) is 70.9 Å². The summed E-state index contributed by atoms with van der Waals surface area (Å²) in [7, 11) is -1.50. The predicted molar refractivity (Wildman–Crippen MR) is 143 cm³/mol. The second-order valence-electron chi connectivity index (χ2n) is 9.71. The van der Waals surface area contributed by atoms with Gasteiger partial charge in [0.1, 0.15) is 25.2 Å². The van der Waals surface area contributed by atoms with Crippen molar-refractivity contribution in [1.29, 1.82) is 0 Å². The van der Waals surface area contributed by atoms with Crippen molar-refractivity contribution >= 4 is 45.9 Å². The summed E-state index contributed by atoms with van der Waals surface area (Å²) in [6, 6.07) is 11.0. The minimum atomic E-state index is -3.54. The third-order valence-electron chi connectivity index (χ3n) is 6.24. The van der Waals surface area contributed by atoms with Crippen LogP contribution in [0.25, 0.3) is 10.9 Å². The quantitative estimate of drug-likeness (QED) is 0.464. The molecule has 35 heavy (non-hydrogen) atoms. The maximum atomic E-state index is 12.4. The van der Waals surface area contributed by atoms with Crippen molar-refractivity contribution in [1.82, 2.24) is 19.6 Å². The van der Waals surface area contributed by atoms with E-state index in [0.29, 0.717) is 17.7 Å². The van der Waals surface area contributed by atoms with Gasteiger partial charge in [0.15, 0.2) is 0 Å². The third kappa shape index (κ3) is 6.12. The van der Waals surface area contributed by atoms with E-state index < -0.39 is 10.0 Å². The van der Waals surface area contributed by atoms with Crippen LogP contribution in [0.3, 0.4) is 0 Å². The van der Waals surface area contributed by atoms with Crippen molar-refractivity contribution < 1.29 is 13.2 Å². The Morgan fingerprint density at radius 2 is 1.74 bits per heavy atom. The number of aromatic nitrogens is 2. The topological polar surface area (TPSA) is 96.5 Å². The molecule has 0 spiro atoms. The minimum absolute atomic E-state index is 0.163. The molecule has 0 amide bonds. The monoisotopic (exact) mass is 495 g/mol. The van der Waals surface area contributed by atoms with Gasteiger partial charge < -0.3 is 15.0 Å². The highest BCUT2D eigenvalue weighted by atomic mass is 32.2. The molecule has 0 atom stereocenters. The number of benzene rings is 2. The molecule has 0 saturated carbocycles. The zero-order chi connectivity index (χ0) is 25.2. The second-order valence-corrected chi connectivity index (χ2v) is 11.4. The van der Waals surface area contributed by atoms with Gasteiger partial charge in [-0.15, -0.1) is 0 Å². The maximum Gasteiger partial charge on any atom is 0.240 e. The van der Waals surface area contributed by atoms with Gasteiger partial charge in [-0.25, -0.2) is 23.1 Å². The van der Waals surface area contributed by atoms with E-state index in [-0.39, 0.29) is 17.0 Å². The highest BCUT2D eigenvalue weighted by Gasteiger charge is 2.23. The predicted octanol–water partition coefficient (Wildman–Crippen LogP) is 2.57. The van der Waals surface area contributed by atoms with Crippen molar-refractivity contribution in [3.63, 3.8) is 0 Å². The van der Waals surface area contributed by atoms with Crippen LogP contribution in [0.5, 0.6) is 5.75 Å². The Morgan fingerprint density at radius 3 is 2.37 bits per heavy atom. The van der Waals surface area contributed by atoms with E-state index in [4.69, 9.17) is 9.72 Å². The molecule has 1 aliphatic heterocycles. The summed E-state index contributed by atoms with van der Waals surface area (Å²) in [6.45, 7) is 10.1. The average Bonchev–Trinajstić information content (AvgIpc) is 2.81. The van der Waals surface area contributed by atoms with Crippen molar-refractivity contribution in [2.75, 3.05) is 18.4 Å². The highest BCUT2D eigenvalue weighted by Crippen LogP contribution is 2.27. The number of hydrogen-bond acceptors (Lipinski definition) is 7. The molecule has 0 aliphatic carbocycles. The highest BCUT2D eigenvalue weighted by molar-refractivity contribution is 7.89. The lowest BCUT2D eigenvalue weighted by atomic mass is 9.92. The average molecular weight is 495 g/mol. The number of ether oxygens (including phenoxy) is 1. The van der Waals surface area contributed by atoms with E-state index in [1.54, 1.807) is 44.3 Å². The fourth-order valence-corrected chi connectivity index (χ4v) is 5.55. The Bertz CT molecular complexity index is 1270. The van der Waals surface area contributed by atoms with E-state index in [9.17, 15) is 8.42 Å². The second kappa shape index (κ2) is 10.5. The lowest BCUT2D eigenvalue weighted by Crippen LogP contribution is -2.41. The van der Waals surface area contributed by atoms with Crippen LogP contribution in [0.4, 0.5) is 11.6 Å². The molecule has 3 aromatic rings. The zero-order valence-electron chi connectivity index (χ0n) is 21.1. The number of sulfonamides is 1. The molecule has 2 heterocycles. The molecule has 0 radical (unpaired) electrons. The summed E-state index contributed by atoms with van der Waals surface area (Å²) >= 11 is 0. The lowest BCUT2D eigenvalue weighted by Gasteiger charge is -2.34. The summed E-state index contributed by atoms with van der Waals surface area (Å²) in [5, 5.41) is 4.14. The van der Waals surface area contributed by atoms with E-state index >= 15 is 0 Å². The largest absolute Gasteiger partial charge is 0.488 e. The molecule has 10 heteroatoms. The molecule has 8 nitrogen and oxygen atoms in total. The number of anilines is 2. The van der Waals surface area contributed by atoms with Crippen LogP contribution in [-0.2, 0) is 10.0 Å². The van der Waals surface area contributed by atoms with E-state index in [1.165, 1.54) is 0 Å². The van der Waals surface area contributed by atoms with Gasteiger partial charge in [-0.1, -0.05) is 11.5 Å². The summed E-state index contributed by atoms with van der Waals surface area (Å²) in [6.07, 6.45) is 3.95. The first-order valence-electron chi connectivity index (χ1n) is 12.2. The number of hydrogen-bond donors (Lipinski definition) is 2. The summed E-state index contributed by atoms with van der Waals surface area (Å²) in [5.74, 6) is 1.19. The molecular weight excluding hydrogens is 461 g/mol. The molecule has 1 aromatic heterocycles. The lowest BCUT2D eigenvalue weighted by molar-refractivity contribution is 0.0852. The zero-order valence-corrected chi connectivity index (χ0v) is 21.9. The Kier molecular flexibility index (Phi) is 7.63. The van der Waals surface area contributed by atoms with Crippen LogP contribution in [0.2, 0.25) is 0 Å². The molecule has 1 aliphatic rings. The van der Waals surface area contributed by atoms with Crippen LogP contribution in [0.1, 0.15) is 40.5 Å². The Hall–Kier alpha value is -2.69. The molecule has 2 aromatic carbocycles. The standard InChI is InChI=1S/C25H34BN5O3S/c1-16(2)30-35(32,33)20-7-5-18(6-8-20)28-25-27-15-21-22(26)9-10-23(24(21)29-25)34-19-11-13-31(14-12-19)17(3)4/h5-10,15-17,19,30H,11-14,26H2,1-4H3,(H,27,28,29). The first kappa shape index (κ1) is 25.4. The van der Waals surface area contributed by atoms with Crippen molar-refractivity contribution in [2.24, 2.45) is 0 Å². The molecule has 186 valence electrons. The summed E-state index contributed by atoms with van der Waals surface area (Å²) in [5.41, 5.74) is 2.55. The van der Waals surface area contributed by atoms with Crippen molar-refractivity contribution in [3.8, 4) is 5.75 Å². The number of fused-ring (bicyclic) bond motifs is 1. The van der Waals surface area contributed by atoms with Crippen LogP contribution in [0, 0.1) is 0 Å². The van der Waals surface area contributed by atoms with Crippen molar-refractivity contribution in [2.45, 2.75) is 63.6 Å². The Balaban J connectivity index is 1.53. The number of piperidine rings is 1. The van der Waals surface area contributed by atoms with E-state index in [1.807, 2.05) is 20.0 Å². The first-order valence-corrected chi connectivity index (χ1v) is 13.7. The Morgan fingerprint density at radius 1 is 1.06 bits per heavy atom. The molecule has 0 unspecified atom stereocenters. The fraction of sp³-hybridized carbons (Fsp3) is 0.440. The van der Waals surface area contributed by atoms with Crippen LogP contribution in [0.15, 0.2) is 47.5 Å². The van der Waals surface area contributed by atoms with Gasteiger partial charge in [0.05, 0.1) is 4.90 Å².